The van der Waals surface area contributed by atoms with E-state index in [1.165, 1.54) is 0 Å². The van der Waals surface area contributed by atoms with E-state index in [1.807, 2.05) is 18.2 Å². The Morgan fingerprint density at radius 2 is 1.61 bits per heavy atom. The summed E-state index contributed by atoms with van der Waals surface area (Å²) in [7, 11) is 1.61. The quantitative estimate of drug-likeness (QED) is 0.844. The summed E-state index contributed by atoms with van der Waals surface area (Å²) in [4.78, 5) is 0. The average Bonchev–Trinajstić information content (AvgIpc) is 2.38. The molecule has 92 valence electrons. The number of hydrogen-bond acceptors (Lipinski definition) is 4. The molecule has 0 aliphatic carbocycles. The lowest BCUT2D eigenvalue weighted by molar-refractivity contribution is 0.412. The van der Waals surface area contributed by atoms with Gasteiger partial charge in [-0.05, 0) is 58.4 Å². The van der Waals surface area contributed by atoms with Crippen molar-refractivity contribution in [2.75, 3.05) is 7.11 Å². The number of azo groups is 1. The van der Waals surface area contributed by atoms with Gasteiger partial charge in [0.25, 0.3) is 0 Å². The van der Waals surface area contributed by atoms with Crippen molar-refractivity contribution in [3.63, 3.8) is 0 Å². The summed E-state index contributed by atoms with van der Waals surface area (Å²) in [5.41, 5.74) is 1.40. The number of benzene rings is 2. The molecule has 0 spiro atoms. The number of ether oxygens (including phenoxy) is 1. The summed E-state index contributed by atoms with van der Waals surface area (Å²) in [6.45, 7) is 0. The number of phenolic OH excluding ortho intramolecular Hbond substituents is 1. The van der Waals surface area contributed by atoms with E-state index in [0.717, 1.165) is 15.9 Å². The van der Waals surface area contributed by atoms with E-state index in [1.54, 1.807) is 31.4 Å². The van der Waals surface area contributed by atoms with Crippen LogP contribution in [0.5, 0.6) is 11.5 Å². The zero-order valence-corrected chi connectivity index (χ0v) is 11.3. The van der Waals surface area contributed by atoms with Gasteiger partial charge < -0.3 is 9.84 Å². The molecule has 2 rings (SSSR count). The lowest BCUT2D eigenvalue weighted by atomic mass is 10.3. The minimum absolute atomic E-state index is 0.209. The number of rotatable bonds is 3. The van der Waals surface area contributed by atoms with Crippen LogP contribution in [-0.2, 0) is 0 Å². The molecule has 0 bridgehead atoms. The van der Waals surface area contributed by atoms with Crippen molar-refractivity contribution < 1.29 is 9.84 Å². The van der Waals surface area contributed by atoms with E-state index < -0.39 is 0 Å². The molecule has 0 unspecified atom stereocenters. The van der Waals surface area contributed by atoms with Gasteiger partial charge in [0.1, 0.15) is 11.5 Å². The largest absolute Gasteiger partial charge is 0.508 e. The topological polar surface area (TPSA) is 54.2 Å². The van der Waals surface area contributed by atoms with Crippen LogP contribution < -0.4 is 4.74 Å². The van der Waals surface area contributed by atoms with Gasteiger partial charge in [0, 0.05) is 0 Å². The number of halogens is 1. The van der Waals surface area contributed by atoms with Crippen LogP contribution in [0.3, 0.4) is 0 Å². The molecule has 2 aromatic rings. The first-order chi connectivity index (χ1) is 8.69. The molecule has 18 heavy (non-hydrogen) atoms. The predicted octanol–water partition coefficient (Wildman–Crippen LogP) is 4.58. The number of hydrogen-bond donors (Lipinski definition) is 1. The fraction of sp³-hybridized carbons (Fsp3) is 0.0769. The maximum absolute atomic E-state index is 9.14. The summed E-state index contributed by atoms with van der Waals surface area (Å²) in [5, 5.41) is 17.3. The Balaban J connectivity index is 2.18. The Morgan fingerprint density at radius 1 is 1.00 bits per heavy atom. The van der Waals surface area contributed by atoms with Gasteiger partial charge in [-0.25, -0.2) is 0 Å². The number of nitrogens with zero attached hydrogens (tertiary/aromatic N) is 2. The highest BCUT2D eigenvalue weighted by atomic mass is 79.9. The average molecular weight is 307 g/mol. The van der Waals surface area contributed by atoms with Crippen LogP contribution in [0.4, 0.5) is 11.4 Å². The monoisotopic (exact) mass is 306 g/mol. The van der Waals surface area contributed by atoms with Crippen molar-refractivity contribution in [1.29, 1.82) is 0 Å². The van der Waals surface area contributed by atoms with Crippen LogP contribution >= 0.6 is 15.9 Å². The normalized spacial score (nSPS) is 10.8. The van der Waals surface area contributed by atoms with Gasteiger partial charge in [-0.1, -0.05) is 0 Å². The Bertz CT molecular complexity index is 568. The SMILES string of the molecule is COc1ccc(N=Nc2ccc(O)cc2)cc1Br. The van der Waals surface area contributed by atoms with Gasteiger partial charge in [-0.3, -0.25) is 0 Å². The molecule has 0 amide bonds. The minimum Gasteiger partial charge on any atom is -0.508 e. The van der Waals surface area contributed by atoms with Crippen molar-refractivity contribution in [3.05, 3.63) is 46.9 Å². The molecule has 0 atom stereocenters. The molecule has 0 heterocycles. The third kappa shape index (κ3) is 3.07. The Hall–Kier alpha value is -1.88. The van der Waals surface area contributed by atoms with E-state index in [0.29, 0.717) is 5.69 Å². The zero-order chi connectivity index (χ0) is 13.0. The Labute approximate surface area is 113 Å². The maximum atomic E-state index is 9.14. The van der Waals surface area contributed by atoms with E-state index in [9.17, 15) is 0 Å². The Morgan fingerprint density at radius 3 is 2.22 bits per heavy atom. The number of aromatic hydroxyl groups is 1. The highest BCUT2D eigenvalue weighted by Crippen LogP contribution is 2.30. The fourth-order valence-corrected chi connectivity index (χ4v) is 1.88. The number of phenols is 1. The standard InChI is InChI=1S/C13H11BrN2O2/c1-18-13-7-4-10(8-12(13)14)16-15-9-2-5-11(17)6-3-9/h2-8,17H,1H3. The minimum atomic E-state index is 0.209. The third-order valence-corrected chi connectivity index (χ3v) is 2.89. The second-order valence-corrected chi connectivity index (χ2v) is 4.39. The smallest absolute Gasteiger partial charge is 0.133 e. The van der Waals surface area contributed by atoms with Crippen molar-refractivity contribution in [3.8, 4) is 11.5 Å². The molecule has 0 aromatic heterocycles. The first kappa shape index (κ1) is 12.6. The molecule has 0 radical (unpaired) electrons. The van der Waals surface area contributed by atoms with Crippen molar-refractivity contribution in [2.45, 2.75) is 0 Å². The Kier molecular flexibility index (Phi) is 3.94. The third-order valence-electron chi connectivity index (χ3n) is 2.27. The van der Waals surface area contributed by atoms with Crippen LogP contribution in [-0.4, -0.2) is 12.2 Å². The fourth-order valence-electron chi connectivity index (χ4n) is 1.35. The summed E-state index contributed by atoms with van der Waals surface area (Å²) in [5.74, 6) is 0.958. The van der Waals surface area contributed by atoms with Gasteiger partial charge >= 0.3 is 0 Å². The zero-order valence-electron chi connectivity index (χ0n) is 9.67. The van der Waals surface area contributed by atoms with E-state index in [-0.39, 0.29) is 5.75 Å². The van der Waals surface area contributed by atoms with E-state index in [2.05, 4.69) is 26.2 Å². The van der Waals surface area contributed by atoms with Crippen LogP contribution in [0, 0.1) is 0 Å². The van der Waals surface area contributed by atoms with Crippen LogP contribution in [0.25, 0.3) is 0 Å². The first-order valence-corrected chi connectivity index (χ1v) is 6.02. The van der Waals surface area contributed by atoms with Crippen LogP contribution in [0.1, 0.15) is 0 Å². The number of methoxy groups -OCH3 is 1. The lowest BCUT2D eigenvalue weighted by Crippen LogP contribution is -1.82. The van der Waals surface area contributed by atoms with Gasteiger partial charge in [-0.2, -0.15) is 10.2 Å². The van der Waals surface area contributed by atoms with E-state index >= 15 is 0 Å². The van der Waals surface area contributed by atoms with Crippen LogP contribution in [0.2, 0.25) is 0 Å². The molecular weight excluding hydrogens is 296 g/mol. The summed E-state index contributed by atoms with van der Waals surface area (Å²) < 4.78 is 5.96. The molecule has 1 N–H and O–H groups in total. The van der Waals surface area contributed by atoms with Crippen molar-refractivity contribution in [2.24, 2.45) is 10.2 Å². The van der Waals surface area contributed by atoms with Gasteiger partial charge in [0.05, 0.1) is 23.0 Å². The summed E-state index contributed by atoms with van der Waals surface area (Å²) >= 11 is 3.38. The molecule has 0 fully saturated rings. The molecule has 0 saturated heterocycles. The lowest BCUT2D eigenvalue weighted by Gasteiger charge is -2.02. The van der Waals surface area contributed by atoms with Gasteiger partial charge in [0.2, 0.25) is 0 Å². The predicted molar refractivity (Wildman–Crippen MR) is 73.0 cm³/mol. The molecule has 0 aliphatic heterocycles. The first-order valence-electron chi connectivity index (χ1n) is 5.23. The van der Waals surface area contributed by atoms with Gasteiger partial charge in [-0.15, -0.1) is 0 Å². The second-order valence-electron chi connectivity index (χ2n) is 3.54. The highest BCUT2D eigenvalue weighted by molar-refractivity contribution is 9.10. The highest BCUT2D eigenvalue weighted by Gasteiger charge is 2.00. The van der Waals surface area contributed by atoms with E-state index in [4.69, 9.17) is 9.84 Å². The van der Waals surface area contributed by atoms with Crippen molar-refractivity contribution >= 4 is 27.3 Å². The van der Waals surface area contributed by atoms with Crippen LogP contribution in [0.15, 0.2) is 57.2 Å². The molecule has 4 nitrogen and oxygen atoms in total. The maximum Gasteiger partial charge on any atom is 0.133 e. The molecule has 2 aromatic carbocycles. The molecular formula is C13H11BrN2O2. The second kappa shape index (κ2) is 5.64. The molecule has 5 heteroatoms. The molecule has 0 saturated carbocycles. The van der Waals surface area contributed by atoms with Gasteiger partial charge in [0.15, 0.2) is 0 Å². The van der Waals surface area contributed by atoms with Crippen molar-refractivity contribution in [1.82, 2.24) is 0 Å². The summed E-state index contributed by atoms with van der Waals surface area (Å²) in [6.07, 6.45) is 0. The summed E-state index contributed by atoms with van der Waals surface area (Å²) in [6, 6.07) is 12.0. The molecule has 0 aliphatic rings.